The number of carbonyl (C=O) groups excluding carboxylic acids is 2. The number of amides is 2. The summed E-state index contributed by atoms with van der Waals surface area (Å²) in [6, 6.07) is 4.05. The number of nitrogens with zero attached hydrogens (tertiary/aromatic N) is 6. The normalized spacial score (nSPS) is 21.0. The first-order valence-corrected chi connectivity index (χ1v) is 14.1. The molecule has 3 fully saturated rings. The minimum Gasteiger partial charge on any atom is -0.382 e. The van der Waals surface area contributed by atoms with Crippen LogP contribution in [0.5, 0.6) is 0 Å². The van der Waals surface area contributed by atoms with Gasteiger partial charge in [-0.25, -0.2) is 15.0 Å². The molecule has 2 saturated heterocycles. The summed E-state index contributed by atoms with van der Waals surface area (Å²) in [6.07, 6.45) is 4.64. The van der Waals surface area contributed by atoms with Crippen molar-refractivity contribution in [2.45, 2.75) is 57.2 Å². The Kier molecular flexibility index (Phi) is 8.14. The lowest BCUT2D eigenvalue weighted by Gasteiger charge is -2.47. The second-order valence-corrected chi connectivity index (χ2v) is 11.2. The van der Waals surface area contributed by atoms with Gasteiger partial charge in [-0.05, 0) is 44.2 Å². The molecule has 5 rings (SSSR count). The lowest BCUT2D eigenvalue weighted by atomic mass is 9.98. The molecule has 1 aliphatic carbocycles. The van der Waals surface area contributed by atoms with Crippen LogP contribution in [0.4, 0.5) is 11.6 Å². The Hall–Kier alpha value is -2.40. The van der Waals surface area contributed by atoms with Gasteiger partial charge in [0.1, 0.15) is 10.3 Å². The van der Waals surface area contributed by atoms with Gasteiger partial charge in [0.15, 0.2) is 22.5 Å². The quantitative estimate of drug-likeness (QED) is 0.497. The van der Waals surface area contributed by atoms with Crippen LogP contribution in [0.25, 0.3) is 0 Å². The molecule has 13 heteroatoms. The van der Waals surface area contributed by atoms with E-state index in [2.05, 4.69) is 37.0 Å². The molecule has 0 aromatic carbocycles. The lowest BCUT2D eigenvalue weighted by molar-refractivity contribution is 0.0490. The summed E-state index contributed by atoms with van der Waals surface area (Å²) in [4.78, 5) is 44.7. The van der Waals surface area contributed by atoms with Crippen molar-refractivity contribution in [3.63, 3.8) is 0 Å². The molecule has 0 radical (unpaired) electrons. The number of anilines is 2. The number of nitrogen functional groups attached to an aromatic ring is 1. The zero-order chi connectivity index (χ0) is 27.0. The number of piperidine rings is 1. The summed E-state index contributed by atoms with van der Waals surface area (Å²) in [5.41, 5.74) is 6.58. The van der Waals surface area contributed by atoms with Crippen molar-refractivity contribution in [3.8, 4) is 0 Å². The zero-order valence-electron chi connectivity index (χ0n) is 21.2. The number of hydrogen-bond acceptors (Lipinski definition) is 8. The van der Waals surface area contributed by atoms with Gasteiger partial charge in [0, 0.05) is 50.8 Å². The molecule has 0 unspecified atom stereocenters. The Bertz CT molecular complexity index is 1220. The second kappa shape index (κ2) is 11.4. The number of rotatable bonds is 6. The van der Waals surface area contributed by atoms with Crippen LogP contribution in [0.3, 0.4) is 0 Å². The van der Waals surface area contributed by atoms with Gasteiger partial charge in [0.05, 0.1) is 5.56 Å². The molecule has 2 amide bonds. The molecule has 2 aliphatic heterocycles. The summed E-state index contributed by atoms with van der Waals surface area (Å²) >= 11 is 18.5. The number of pyridine rings is 1. The highest BCUT2D eigenvalue weighted by Gasteiger charge is 2.36. The van der Waals surface area contributed by atoms with Crippen LogP contribution in [0.15, 0.2) is 12.1 Å². The molecular weight excluding hydrogens is 551 g/mol. The van der Waals surface area contributed by atoms with E-state index in [0.717, 1.165) is 45.2 Å². The smallest absolute Gasteiger partial charge is 0.274 e. The fourth-order valence-electron chi connectivity index (χ4n) is 5.32. The van der Waals surface area contributed by atoms with E-state index in [9.17, 15) is 9.59 Å². The average Bonchev–Trinajstić information content (AvgIpc) is 3.73. The van der Waals surface area contributed by atoms with Crippen molar-refractivity contribution in [3.05, 3.63) is 38.8 Å². The topological polar surface area (TPSA) is 121 Å². The number of carbonyl (C=O) groups is 2. The predicted molar refractivity (Wildman–Crippen MR) is 148 cm³/mol. The highest BCUT2D eigenvalue weighted by atomic mass is 35.5. The molecule has 1 atom stereocenters. The van der Waals surface area contributed by atoms with Gasteiger partial charge < -0.3 is 20.9 Å². The van der Waals surface area contributed by atoms with Crippen LogP contribution in [0.2, 0.25) is 15.5 Å². The molecule has 38 heavy (non-hydrogen) atoms. The van der Waals surface area contributed by atoms with Gasteiger partial charge in [0.2, 0.25) is 0 Å². The first-order valence-electron chi connectivity index (χ1n) is 13.0. The molecule has 1 saturated carbocycles. The summed E-state index contributed by atoms with van der Waals surface area (Å²) < 4.78 is 0. The lowest BCUT2D eigenvalue weighted by Crippen LogP contribution is -2.58. The van der Waals surface area contributed by atoms with E-state index in [0.29, 0.717) is 37.1 Å². The summed E-state index contributed by atoms with van der Waals surface area (Å²) in [6.45, 7) is 5.73. The van der Waals surface area contributed by atoms with E-state index in [4.69, 9.17) is 40.5 Å². The number of halogens is 3. The number of piperazine rings is 1. The fourth-order valence-corrected chi connectivity index (χ4v) is 5.99. The van der Waals surface area contributed by atoms with Crippen molar-refractivity contribution < 1.29 is 9.59 Å². The summed E-state index contributed by atoms with van der Waals surface area (Å²) in [7, 11) is 0. The molecule has 204 valence electrons. The number of hydrogen-bond donors (Lipinski definition) is 2. The van der Waals surface area contributed by atoms with E-state index in [1.54, 1.807) is 12.1 Å². The largest absolute Gasteiger partial charge is 0.382 e. The van der Waals surface area contributed by atoms with Gasteiger partial charge >= 0.3 is 0 Å². The van der Waals surface area contributed by atoms with Crippen LogP contribution in [-0.2, 0) is 0 Å². The van der Waals surface area contributed by atoms with Crippen LogP contribution in [0, 0.1) is 0 Å². The highest BCUT2D eigenvalue weighted by molar-refractivity contribution is 6.34. The van der Waals surface area contributed by atoms with Crippen molar-refractivity contribution >= 4 is 58.3 Å². The Morgan fingerprint density at radius 2 is 1.74 bits per heavy atom. The van der Waals surface area contributed by atoms with E-state index in [1.807, 2.05) is 4.90 Å². The van der Waals surface area contributed by atoms with Gasteiger partial charge in [0.25, 0.3) is 11.8 Å². The molecule has 3 aliphatic rings. The van der Waals surface area contributed by atoms with E-state index in [-0.39, 0.29) is 50.9 Å². The monoisotopic (exact) mass is 580 g/mol. The van der Waals surface area contributed by atoms with Gasteiger partial charge in [-0.2, -0.15) is 0 Å². The maximum atomic E-state index is 13.0. The van der Waals surface area contributed by atoms with Gasteiger partial charge in [-0.15, -0.1) is 0 Å². The summed E-state index contributed by atoms with van der Waals surface area (Å²) in [5, 5.41) is 3.46. The number of nitrogens with two attached hydrogens (primary N) is 1. The fraction of sp³-hybridized carbons (Fsp3) is 0.560. The maximum Gasteiger partial charge on any atom is 0.274 e. The molecule has 0 bridgehead atoms. The summed E-state index contributed by atoms with van der Waals surface area (Å²) in [5.74, 6) is 0.154. The predicted octanol–water partition coefficient (Wildman–Crippen LogP) is 3.51. The molecule has 2 aromatic heterocycles. The Labute approximate surface area is 236 Å². The minimum atomic E-state index is -0.332. The number of nitrogens with one attached hydrogen (secondary N) is 1. The third-order valence-corrected chi connectivity index (χ3v) is 8.31. The Morgan fingerprint density at radius 1 is 1.00 bits per heavy atom. The molecule has 3 N–H and O–H groups in total. The van der Waals surface area contributed by atoms with Crippen molar-refractivity contribution in [1.29, 1.82) is 0 Å². The van der Waals surface area contributed by atoms with E-state index < -0.39 is 0 Å². The van der Waals surface area contributed by atoms with E-state index in [1.165, 1.54) is 0 Å². The molecule has 2 aromatic rings. The third-order valence-electron chi connectivity index (χ3n) is 7.56. The van der Waals surface area contributed by atoms with E-state index >= 15 is 0 Å². The minimum absolute atomic E-state index is 0.0771. The third kappa shape index (κ3) is 5.78. The zero-order valence-corrected chi connectivity index (χ0v) is 23.4. The molecule has 4 heterocycles. The van der Waals surface area contributed by atoms with Gasteiger partial charge in [-0.3, -0.25) is 14.5 Å². The van der Waals surface area contributed by atoms with Crippen LogP contribution in [-0.4, -0.2) is 87.4 Å². The SMILES string of the molecule is CC[C@H]1CN(c2nc(N)c(C(=O)NC3CC3)nc2Cl)CCN1C1CCN(C(=O)c2ccc(Cl)nc2Cl)CC1. The molecule has 0 spiro atoms. The van der Waals surface area contributed by atoms with Crippen molar-refractivity contribution in [2.24, 2.45) is 0 Å². The standard InChI is InChI=1S/C25H31Cl3N8O2/c1-2-15-13-35(23-21(28)32-19(22(29)33-23)24(37)30-14-3-4-14)11-12-36(15)16-7-9-34(10-8-16)25(38)17-5-6-18(26)31-20(17)27/h5-6,14-16H,2-4,7-13H2,1H3,(H2,29,33)(H,30,37)/t15-/m0/s1. The molecule has 10 nitrogen and oxygen atoms in total. The van der Waals surface area contributed by atoms with Crippen LogP contribution < -0.4 is 16.0 Å². The maximum absolute atomic E-state index is 13.0. The Balaban J connectivity index is 1.21. The second-order valence-electron chi connectivity index (χ2n) is 10.1. The first-order chi connectivity index (χ1) is 18.2. The van der Waals surface area contributed by atoms with Crippen LogP contribution in [0.1, 0.15) is 59.9 Å². The number of likely N-dealkylation sites (tertiary alicyclic amines) is 1. The first kappa shape index (κ1) is 27.2. The Morgan fingerprint density at radius 3 is 2.39 bits per heavy atom. The molecular formula is C25H31Cl3N8O2. The highest BCUT2D eigenvalue weighted by Crippen LogP contribution is 2.30. The average molecular weight is 582 g/mol. The van der Waals surface area contributed by atoms with Crippen molar-refractivity contribution in [1.82, 2.24) is 30.1 Å². The van der Waals surface area contributed by atoms with Crippen LogP contribution >= 0.6 is 34.8 Å². The number of aromatic nitrogens is 3. The van der Waals surface area contributed by atoms with Gasteiger partial charge in [-0.1, -0.05) is 41.7 Å². The van der Waals surface area contributed by atoms with Crippen molar-refractivity contribution in [2.75, 3.05) is 43.4 Å².